The van der Waals surface area contributed by atoms with Crippen molar-refractivity contribution in [2.24, 2.45) is 0 Å². The largest absolute Gasteiger partial charge is 0.304 e. The van der Waals surface area contributed by atoms with Crippen molar-refractivity contribution < 1.29 is 9.59 Å². The van der Waals surface area contributed by atoms with Gasteiger partial charge in [0.05, 0.1) is 16.3 Å². The van der Waals surface area contributed by atoms with E-state index in [-0.39, 0.29) is 22.6 Å². The first-order chi connectivity index (χ1) is 14.4. The van der Waals surface area contributed by atoms with Crippen LogP contribution in [-0.4, -0.2) is 11.6 Å². The van der Waals surface area contributed by atoms with Gasteiger partial charge in [0.2, 0.25) is 0 Å². The number of hydrogen-bond acceptors (Lipinski definition) is 4. The van der Waals surface area contributed by atoms with Gasteiger partial charge in [0.1, 0.15) is 0 Å². The van der Waals surface area contributed by atoms with Gasteiger partial charge in [-0.15, -0.1) is 11.3 Å². The van der Waals surface area contributed by atoms with Crippen LogP contribution in [0.2, 0.25) is 5.02 Å². The predicted octanol–water partition coefficient (Wildman–Crippen LogP) is 6.72. The van der Waals surface area contributed by atoms with E-state index in [9.17, 15) is 9.59 Å². The van der Waals surface area contributed by atoms with Gasteiger partial charge in [0.25, 0.3) is 0 Å². The minimum Gasteiger partial charge on any atom is -0.304 e. The number of carbonyl (C=O) groups is 2. The number of nitrogens with zero attached hydrogens (tertiary/aromatic N) is 1. The van der Waals surface area contributed by atoms with E-state index in [2.05, 4.69) is 24.8 Å². The fourth-order valence-corrected chi connectivity index (χ4v) is 5.18. The van der Waals surface area contributed by atoms with Crippen LogP contribution in [0.5, 0.6) is 0 Å². The molecule has 3 nitrogen and oxygen atoms in total. The summed E-state index contributed by atoms with van der Waals surface area (Å²) < 4.78 is 0. The quantitative estimate of drug-likeness (QED) is 0.334. The van der Waals surface area contributed by atoms with Crippen LogP contribution in [0.3, 0.4) is 0 Å². The molecule has 0 saturated carbocycles. The zero-order valence-corrected chi connectivity index (χ0v) is 18.1. The Labute approximate surface area is 183 Å². The number of fused-ring (bicyclic) bond motifs is 2. The van der Waals surface area contributed by atoms with Crippen molar-refractivity contribution in [2.45, 2.75) is 19.3 Å². The van der Waals surface area contributed by atoms with Crippen LogP contribution in [0, 0.1) is 0 Å². The molecule has 1 aliphatic heterocycles. The number of hydrogen-bond donors (Lipinski definition) is 0. The van der Waals surface area contributed by atoms with Gasteiger partial charge in [-0.1, -0.05) is 49.7 Å². The molecule has 0 bridgehead atoms. The molecule has 5 rings (SSSR count). The Morgan fingerprint density at radius 3 is 2.27 bits per heavy atom. The molecule has 0 amide bonds. The summed E-state index contributed by atoms with van der Waals surface area (Å²) in [5, 5.41) is 3.79. The number of thiophene rings is 1. The Hall–Kier alpha value is -2.95. The van der Waals surface area contributed by atoms with E-state index < -0.39 is 0 Å². The van der Waals surface area contributed by atoms with Crippen molar-refractivity contribution in [3.8, 4) is 0 Å². The van der Waals surface area contributed by atoms with Gasteiger partial charge in [0.15, 0.2) is 11.6 Å². The molecule has 30 heavy (non-hydrogen) atoms. The molecule has 5 heteroatoms. The molecule has 0 saturated heterocycles. The van der Waals surface area contributed by atoms with Crippen LogP contribution in [-0.2, 0) is 5.41 Å². The first-order valence-electron chi connectivity index (χ1n) is 9.64. The molecule has 1 aliphatic carbocycles. The third-order valence-electron chi connectivity index (χ3n) is 5.79. The molecule has 2 heterocycles. The number of Topliss-reactive ketones (excluding diaryl/α,β-unsaturated/α-hetero) is 2. The van der Waals surface area contributed by atoms with E-state index in [1.165, 1.54) is 0 Å². The highest BCUT2D eigenvalue weighted by Crippen LogP contribution is 2.52. The summed E-state index contributed by atoms with van der Waals surface area (Å²) in [6.07, 6.45) is 3.58. The first kappa shape index (κ1) is 19.0. The molecule has 148 valence electrons. The molecular formula is C25H18ClNO2S. The minimum atomic E-state index is -0.348. The van der Waals surface area contributed by atoms with E-state index in [1.54, 1.807) is 41.7 Å². The maximum absolute atomic E-state index is 12.8. The zero-order valence-electron chi connectivity index (χ0n) is 16.5. The Morgan fingerprint density at radius 1 is 0.933 bits per heavy atom. The molecule has 0 fully saturated rings. The maximum atomic E-state index is 12.8. The van der Waals surface area contributed by atoms with E-state index in [1.807, 2.05) is 35.7 Å². The van der Waals surface area contributed by atoms with Gasteiger partial charge < -0.3 is 4.90 Å². The fourth-order valence-electron chi connectivity index (χ4n) is 4.25. The smallest absolute Gasteiger partial charge is 0.197 e. The number of ketones is 2. The van der Waals surface area contributed by atoms with E-state index in [0.29, 0.717) is 16.1 Å². The molecule has 0 spiro atoms. The van der Waals surface area contributed by atoms with Crippen LogP contribution in [0.15, 0.2) is 83.4 Å². The SMILES string of the molecule is CC1(C)/C(=C\C=C2C(=O)c3ccccc3C2=O)N(c2cccs2)c2ccc(Cl)cc21. The Balaban J connectivity index is 1.66. The summed E-state index contributed by atoms with van der Waals surface area (Å²) in [6.45, 7) is 4.26. The molecule has 2 aromatic carbocycles. The normalized spacial score (nSPS) is 18.2. The molecule has 1 aromatic heterocycles. The third kappa shape index (κ3) is 2.72. The summed E-state index contributed by atoms with van der Waals surface area (Å²) in [4.78, 5) is 27.8. The summed E-state index contributed by atoms with van der Waals surface area (Å²) >= 11 is 7.94. The van der Waals surface area contributed by atoms with Crippen molar-refractivity contribution in [2.75, 3.05) is 4.90 Å². The standard InChI is InChI=1S/C25H18ClNO2S/c1-25(2)19-14-15(26)9-11-20(19)27(22-8-5-13-30-22)21(25)12-10-18-23(28)16-6-3-4-7-17(16)24(18)29/h3-14H,1-2H3/b21-12+. The van der Waals surface area contributed by atoms with Crippen molar-refractivity contribution in [3.63, 3.8) is 0 Å². The van der Waals surface area contributed by atoms with Crippen LogP contribution in [0.25, 0.3) is 0 Å². The van der Waals surface area contributed by atoms with Crippen LogP contribution >= 0.6 is 22.9 Å². The topological polar surface area (TPSA) is 37.4 Å². The van der Waals surface area contributed by atoms with Gasteiger partial charge in [-0.05, 0) is 53.4 Å². The number of allylic oxidation sites excluding steroid dienone is 4. The summed E-state index contributed by atoms with van der Waals surface area (Å²) in [5.41, 5.74) is 3.97. The average molecular weight is 432 g/mol. The second-order valence-electron chi connectivity index (χ2n) is 7.91. The lowest BCUT2D eigenvalue weighted by Crippen LogP contribution is -2.22. The Kier molecular flexibility index (Phi) is 4.31. The molecular weight excluding hydrogens is 414 g/mol. The molecule has 0 unspecified atom stereocenters. The fraction of sp³-hybridized carbons (Fsp3) is 0.120. The predicted molar refractivity (Wildman–Crippen MR) is 122 cm³/mol. The first-order valence-corrected chi connectivity index (χ1v) is 10.9. The number of rotatable bonds is 2. The number of benzene rings is 2. The van der Waals surface area contributed by atoms with Gasteiger partial charge in [0, 0.05) is 27.3 Å². The third-order valence-corrected chi connectivity index (χ3v) is 6.88. The summed E-state index contributed by atoms with van der Waals surface area (Å²) in [5.74, 6) is -0.432. The molecule has 2 aliphatic rings. The maximum Gasteiger partial charge on any atom is 0.197 e. The number of halogens is 1. The average Bonchev–Trinajstić information content (AvgIpc) is 3.39. The lowest BCUT2D eigenvalue weighted by Gasteiger charge is -2.25. The second kappa shape index (κ2) is 6.79. The van der Waals surface area contributed by atoms with Crippen molar-refractivity contribution in [3.05, 3.63) is 105 Å². The highest BCUT2D eigenvalue weighted by Gasteiger charge is 2.41. The molecule has 3 aromatic rings. The van der Waals surface area contributed by atoms with E-state index in [0.717, 1.165) is 21.9 Å². The van der Waals surface area contributed by atoms with Gasteiger partial charge in [-0.3, -0.25) is 9.59 Å². The van der Waals surface area contributed by atoms with Crippen LogP contribution in [0.4, 0.5) is 10.7 Å². The molecule has 0 atom stereocenters. The highest BCUT2D eigenvalue weighted by atomic mass is 35.5. The van der Waals surface area contributed by atoms with Crippen molar-refractivity contribution in [1.82, 2.24) is 0 Å². The second-order valence-corrected chi connectivity index (χ2v) is 9.27. The van der Waals surface area contributed by atoms with Gasteiger partial charge >= 0.3 is 0 Å². The highest BCUT2D eigenvalue weighted by molar-refractivity contribution is 7.14. The number of anilines is 2. The van der Waals surface area contributed by atoms with E-state index in [4.69, 9.17) is 11.6 Å². The van der Waals surface area contributed by atoms with Gasteiger partial charge in [-0.25, -0.2) is 0 Å². The minimum absolute atomic E-state index is 0.208. The molecule has 0 radical (unpaired) electrons. The Bertz CT molecular complexity index is 1230. The number of carbonyl (C=O) groups excluding carboxylic acids is 2. The van der Waals surface area contributed by atoms with Crippen molar-refractivity contribution in [1.29, 1.82) is 0 Å². The van der Waals surface area contributed by atoms with E-state index >= 15 is 0 Å². The zero-order chi connectivity index (χ0) is 21.0. The summed E-state index contributed by atoms with van der Waals surface area (Å²) in [6, 6.07) is 17.0. The lowest BCUT2D eigenvalue weighted by atomic mass is 9.83. The van der Waals surface area contributed by atoms with Crippen molar-refractivity contribution >= 4 is 45.2 Å². The van der Waals surface area contributed by atoms with Gasteiger partial charge in [-0.2, -0.15) is 0 Å². The lowest BCUT2D eigenvalue weighted by molar-refractivity contribution is 0.0989. The molecule has 0 N–H and O–H groups in total. The summed E-state index contributed by atoms with van der Waals surface area (Å²) in [7, 11) is 0. The Morgan fingerprint density at radius 2 is 1.63 bits per heavy atom. The van der Waals surface area contributed by atoms with Crippen LogP contribution in [0.1, 0.15) is 40.1 Å². The van der Waals surface area contributed by atoms with Crippen LogP contribution < -0.4 is 4.90 Å². The monoisotopic (exact) mass is 431 g/mol.